The summed E-state index contributed by atoms with van der Waals surface area (Å²) in [4.78, 5) is 23.5. The maximum atomic E-state index is 12.0. The maximum Gasteiger partial charge on any atom is 0.251 e. The number of carbonyl (C=O) groups is 2. The van der Waals surface area contributed by atoms with Crippen molar-refractivity contribution in [3.63, 3.8) is 0 Å². The summed E-state index contributed by atoms with van der Waals surface area (Å²) in [6.45, 7) is 9.86. The summed E-state index contributed by atoms with van der Waals surface area (Å²) >= 11 is 0. The van der Waals surface area contributed by atoms with Crippen LogP contribution in [0.2, 0.25) is 0 Å². The van der Waals surface area contributed by atoms with Gasteiger partial charge in [-0.25, -0.2) is 0 Å². The number of hydrogen-bond acceptors (Lipinski definition) is 3. The fourth-order valence-electron chi connectivity index (χ4n) is 1.71. The summed E-state index contributed by atoms with van der Waals surface area (Å²) in [5.41, 5.74) is 1.14. The van der Waals surface area contributed by atoms with Gasteiger partial charge in [-0.2, -0.15) is 0 Å². The van der Waals surface area contributed by atoms with Crippen LogP contribution in [0.1, 0.15) is 45.0 Å². The average molecular weight is 291 g/mol. The Labute approximate surface area is 126 Å². The zero-order valence-corrected chi connectivity index (χ0v) is 13.4. The van der Waals surface area contributed by atoms with Crippen molar-refractivity contribution >= 4 is 17.5 Å². The molecule has 0 aliphatic carbocycles. The predicted molar refractivity (Wildman–Crippen MR) is 85.4 cm³/mol. The maximum absolute atomic E-state index is 12.0. The second-order valence-electron chi connectivity index (χ2n) is 6.36. The summed E-state index contributed by atoms with van der Waals surface area (Å²) in [6, 6.07) is 7.19. The van der Waals surface area contributed by atoms with Crippen LogP contribution in [0.5, 0.6) is 0 Å². The van der Waals surface area contributed by atoms with Crippen LogP contribution in [0.3, 0.4) is 0 Å². The number of hydrogen-bond donors (Lipinski definition) is 3. The van der Waals surface area contributed by atoms with Crippen LogP contribution < -0.4 is 16.0 Å². The van der Waals surface area contributed by atoms with Crippen LogP contribution in [0.25, 0.3) is 0 Å². The minimum absolute atomic E-state index is 0.0560. The first-order valence-corrected chi connectivity index (χ1v) is 7.13. The largest absolute Gasteiger partial charge is 0.376 e. The summed E-state index contributed by atoms with van der Waals surface area (Å²) < 4.78 is 0. The van der Waals surface area contributed by atoms with Gasteiger partial charge in [0.25, 0.3) is 5.91 Å². The third-order valence-electron chi connectivity index (χ3n) is 2.54. The molecule has 1 aromatic rings. The Morgan fingerprint density at radius 2 is 1.67 bits per heavy atom. The first kappa shape index (κ1) is 17.0. The number of benzene rings is 1. The summed E-state index contributed by atoms with van der Waals surface area (Å²) in [7, 11) is 0. The molecule has 0 fully saturated rings. The molecular formula is C16H25N3O2. The van der Waals surface area contributed by atoms with Gasteiger partial charge in [0.1, 0.15) is 0 Å². The van der Waals surface area contributed by atoms with Crippen LogP contribution in [-0.4, -0.2) is 29.9 Å². The minimum Gasteiger partial charge on any atom is -0.376 e. The number of rotatable bonds is 5. The second-order valence-corrected chi connectivity index (χ2v) is 6.36. The van der Waals surface area contributed by atoms with E-state index in [0.29, 0.717) is 5.56 Å². The van der Waals surface area contributed by atoms with E-state index in [9.17, 15) is 9.59 Å². The zero-order chi connectivity index (χ0) is 16.0. The highest BCUT2D eigenvalue weighted by Gasteiger charge is 2.14. The smallest absolute Gasteiger partial charge is 0.251 e. The standard InChI is InChI=1S/C16H25N3O2/c1-11(2)18-14(20)10-17-13-8-6-12(7-9-13)15(21)19-16(3,4)5/h6-9,11,17H,10H2,1-5H3,(H,18,20)(H,19,21). The number of amides is 2. The number of anilines is 1. The van der Waals surface area contributed by atoms with E-state index in [2.05, 4.69) is 16.0 Å². The zero-order valence-electron chi connectivity index (χ0n) is 13.4. The fourth-order valence-corrected chi connectivity index (χ4v) is 1.71. The topological polar surface area (TPSA) is 70.2 Å². The Kier molecular flexibility index (Phi) is 5.76. The molecule has 0 bridgehead atoms. The second kappa shape index (κ2) is 7.11. The van der Waals surface area contributed by atoms with Gasteiger partial charge in [0.05, 0.1) is 6.54 Å². The highest BCUT2D eigenvalue weighted by atomic mass is 16.2. The molecule has 0 aromatic heterocycles. The summed E-state index contributed by atoms with van der Waals surface area (Å²) in [6.07, 6.45) is 0. The Hall–Kier alpha value is -2.04. The molecule has 0 unspecified atom stereocenters. The van der Waals surface area contributed by atoms with E-state index in [0.717, 1.165) is 5.69 Å². The lowest BCUT2D eigenvalue weighted by Crippen LogP contribution is -2.40. The molecule has 5 nitrogen and oxygen atoms in total. The van der Waals surface area contributed by atoms with Gasteiger partial charge in [-0.15, -0.1) is 0 Å². The molecule has 1 rings (SSSR count). The fraction of sp³-hybridized carbons (Fsp3) is 0.500. The van der Waals surface area contributed by atoms with E-state index >= 15 is 0 Å². The van der Waals surface area contributed by atoms with Crippen molar-refractivity contribution < 1.29 is 9.59 Å². The molecule has 1 aromatic carbocycles. The van der Waals surface area contributed by atoms with E-state index in [-0.39, 0.29) is 29.9 Å². The molecule has 3 N–H and O–H groups in total. The van der Waals surface area contributed by atoms with Gasteiger partial charge >= 0.3 is 0 Å². The summed E-state index contributed by atoms with van der Waals surface area (Å²) in [5.74, 6) is -0.161. The Morgan fingerprint density at radius 3 is 2.14 bits per heavy atom. The van der Waals surface area contributed by atoms with Gasteiger partial charge in [-0.05, 0) is 58.9 Å². The molecule has 0 atom stereocenters. The lowest BCUT2D eigenvalue weighted by atomic mass is 10.1. The van der Waals surface area contributed by atoms with Gasteiger partial charge in [0.15, 0.2) is 0 Å². The van der Waals surface area contributed by atoms with Gasteiger partial charge in [0, 0.05) is 22.8 Å². The minimum atomic E-state index is -0.261. The normalized spacial score (nSPS) is 11.1. The molecule has 5 heteroatoms. The molecule has 21 heavy (non-hydrogen) atoms. The van der Waals surface area contributed by atoms with Gasteiger partial charge in [0.2, 0.25) is 5.91 Å². The molecule has 0 saturated carbocycles. The predicted octanol–water partition coefficient (Wildman–Crippen LogP) is 2.15. The van der Waals surface area contributed by atoms with E-state index in [1.165, 1.54) is 0 Å². The van der Waals surface area contributed by atoms with Crippen molar-refractivity contribution in [3.8, 4) is 0 Å². The van der Waals surface area contributed by atoms with Gasteiger partial charge < -0.3 is 16.0 Å². The third-order valence-corrected chi connectivity index (χ3v) is 2.54. The van der Waals surface area contributed by atoms with Crippen molar-refractivity contribution in [1.82, 2.24) is 10.6 Å². The molecule has 2 amide bonds. The van der Waals surface area contributed by atoms with Gasteiger partial charge in [-0.3, -0.25) is 9.59 Å². The van der Waals surface area contributed by atoms with Crippen LogP contribution in [0, 0.1) is 0 Å². The highest BCUT2D eigenvalue weighted by molar-refractivity contribution is 5.95. The third kappa shape index (κ3) is 6.79. The monoisotopic (exact) mass is 291 g/mol. The Balaban J connectivity index is 2.54. The molecule has 0 saturated heterocycles. The molecule has 0 aliphatic rings. The Morgan fingerprint density at radius 1 is 1.10 bits per heavy atom. The molecule has 0 spiro atoms. The number of nitrogens with one attached hydrogen (secondary N) is 3. The summed E-state index contributed by atoms with van der Waals surface area (Å²) in [5, 5.41) is 8.73. The van der Waals surface area contributed by atoms with Crippen LogP contribution in [-0.2, 0) is 4.79 Å². The first-order chi connectivity index (χ1) is 9.67. The van der Waals surface area contributed by atoms with E-state index in [1.807, 2.05) is 34.6 Å². The van der Waals surface area contributed by atoms with Crippen molar-refractivity contribution in [1.29, 1.82) is 0 Å². The Bertz CT molecular complexity index is 487. The van der Waals surface area contributed by atoms with Crippen molar-refractivity contribution in [3.05, 3.63) is 29.8 Å². The van der Waals surface area contributed by atoms with E-state index in [1.54, 1.807) is 24.3 Å². The van der Waals surface area contributed by atoms with Crippen LogP contribution >= 0.6 is 0 Å². The molecule has 0 radical (unpaired) electrons. The lowest BCUT2D eigenvalue weighted by molar-refractivity contribution is -0.119. The molecule has 116 valence electrons. The number of carbonyl (C=O) groups excluding carboxylic acids is 2. The van der Waals surface area contributed by atoms with E-state index < -0.39 is 0 Å². The molecule has 0 aliphatic heterocycles. The van der Waals surface area contributed by atoms with Crippen molar-refractivity contribution in [2.45, 2.75) is 46.2 Å². The van der Waals surface area contributed by atoms with Crippen molar-refractivity contribution in [2.75, 3.05) is 11.9 Å². The van der Waals surface area contributed by atoms with Crippen molar-refractivity contribution in [2.24, 2.45) is 0 Å². The van der Waals surface area contributed by atoms with E-state index in [4.69, 9.17) is 0 Å². The molecule has 0 heterocycles. The molecular weight excluding hydrogens is 266 g/mol. The quantitative estimate of drug-likeness (QED) is 0.778. The van der Waals surface area contributed by atoms with Crippen LogP contribution in [0.4, 0.5) is 5.69 Å². The highest BCUT2D eigenvalue weighted by Crippen LogP contribution is 2.10. The SMILES string of the molecule is CC(C)NC(=O)CNc1ccc(C(=O)NC(C)(C)C)cc1. The van der Waals surface area contributed by atoms with Gasteiger partial charge in [-0.1, -0.05) is 0 Å². The first-order valence-electron chi connectivity index (χ1n) is 7.13. The lowest BCUT2D eigenvalue weighted by Gasteiger charge is -2.20. The van der Waals surface area contributed by atoms with Crippen LogP contribution in [0.15, 0.2) is 24.3 Å². The average Bonchev–Trinajstić information content (AvgIpc) is 2.34.